The van der Waals surface area contributed by atoms with Gasteiger partial charge in [0.25, 0.3) is 5.56 Å². The van der Waals surface area contributed by atoms with E-state index in [0.29, 0.717) is 34.9 Å². The minimum atomic E-state index is -0.670. The van der Waals surface area contributed by atoms with Crippen LogP contribution in [0.15, 0.2) is 29.1 Å². The number of carbonyl (C=O) groups excluding carboxylic acids is 1. The van der Waals surface area contributed by atoms with Gasteiger partial charge in [0.2, 0.25) is 0 Å². The molecule has 2 aromatic rings. The molecule has 0 unspecified atom stereocenters. The van der Waals surface area contributed by atoms with Crippen molar-refractivity contribution in [3.63, 3.8) is 0 Å². The molecule has 0 aliphatic carbocycles. The molecule has 0 saturated heterocycles. The van der Waals surface area contributed by atoms with E-state index in [1.54, 1.807) is 31.2 Å². The van der Waals surface area contributed by atoms with Crippen LogP contribution in [-0.4, -0.2) is 22.7 Å². The van der Waals surface area contributed by atoms with E-state index in [9.17, 15) is 14.7 Å². The van der Waals surface area contributed by atoms with Crippen molar-refractivity contribution in [3.05, 3.63) is 57.0 Å². The van der Waals surface area contributed by atoms with Crippen LogP contribution in [0.25, 0.3) is 11.8 Å². The van der Waals surface area contributed by atoms with E-state index in [1.165, 1.54) is 6.07 Å². The number of aromatic amines is 1. The third-order valence-electron chi connectivity index (χ3n) is 3.42. The Kier molecular flexibility index (Phi) is 3.65. The number of H-pyrrole nitrogens is 1. The van der Waals surface area contributed by atoms with Crippen molar-refractivity contribution in [2.75, 3.05) is 6.61 Å². The molecule has 0 atom stereocenters. The highest BCUT2D eigenvalue weighted by Crippen LogP contribution is 2.32. The van der Waals surface area contributed by atoms with Gasteiger partial charge in [0, 0.05) is 11.3 Å². The number of aromatic nitrogens is 1. The van der Waals surface area contributed by atoms with Crippen LogP contribution >= 0.6 is 0 Å². The van der Waals surface area contributed by atoms with E-state index in [-0.39, 0.29) is 11.3 Å². The van der Waals surface area contributed by atoms with Crippen molar-refractivity contribution in [2.45, 2.75) is 13.8 Å². The quantitative estimate of drug-likeness (QED) is 0.850. The summed E-state index contributed by atoms with van der Waals surface area (Å²) in [6.07, 6.45) is 1.63. The maximum Gasteiger partial charge on any atom is 0.349 e. The first-order chi connectivity index (χ1) is 11.0. The first kappa shape index (κ1) is 14.9. The summed E-state index contributed by atoms with van der Waals surface area (Å²) in [5.41, 5.74) is 1.32. The molecule has 2 N–H and O–H groups in total. The Morgan fingerprint density at radius 3 is 2.83 bits per heavy atom. The molecule has 6 nitrogen and oxygen atoms in total. The summed E-state index contributed by atoms with van der Waals surface area (Å²) in [5.74, 6) is 0.00207. The standard InChI is InChI=1S/C17H15NO5/c1-3-22-14-8-10(4-5-12(14)19)7-13-11-6-9(2)18-16(20)15(11)17(21)23-13/h4-8,19H,3H2,1-2H3,(H,18,20). The van der Waals surface area contributed by atoms with Crippen LogP contribution in [-0.2, 0) is 4.74 Å². The third kappa shape index (κ3) is 2.70. The van der Waals surface area contributed by atoms with Crippen molar-refractivity contribution in [2.24, 2.45) is 0 Å². The monoisotopic (exact) mass is 313 g/mol. The van der Waals surface area contributed by atoms with Crippen molar-refractivity contribution in [1.29, 1.82) is 0 Å². The lowest BCUT2D eigenvalue weighted by Crippen LogP contribution is -2.16. The third-order valence-corrected chi connectivity index (χ3v) is 3.42. The minimum absolute atomic E-state index is 0.00524. The van der Waals surface area contributed by atoms with Crippen LogP contribution in [0.3, 0.4) is 0 Å². The zero-order valence-electron chi connectivity index (χ0n) is 12.7. The summed E-state index contributed by atoms with van der Waals surface area (Å²) in [5, 5.41) is 9.72. The molecule has 2 heterocycles. The molecule has 23 heavy (non-hydrogen) atoms. The number of phenols is 1. The molecule has 0 saturated carbocycles. The Morgan fingerprint density at radius 2 is 2.09 bits per heavy atom. The number of carbonyl (C=O) groups is 1. The first-order valence-electron chi connectivity index (χ1n) is 7.13. The molecule has 0 radical (unpaired) electrons. The molecule has 0 spiro atoms. The van der Waals surface area contributed by atoms with Gasteiger partial charge in [0.1, 0.15) is 11.3 Å². The molecular formula is C17H15NO5. The number of ether oxygens (including phenoxy) is 2. The number of aromatic hydroxyl groups is 1. The van der Waals surface area contributed by atoms with Gasteiger partial charge in [0.05, 0.1) is 6.61 Å². The van der Waals surface area contributed by atoms with Gasteiger partial charge in [-0.05, 0) is 43.7 Å². The van der Waals surface area contributed by atoms with E-state index >= 15 is 0 Å². The zero-order valence-corrected chi connectivity index (χ0v) is 12.7. The molecule has 6 heteroatoms. The molecule has 0 amide bonds. The summed E-state index contributed by atoms with van der Waals surface area (Å²) in [6.45, 7) is 3.96. The molecule has 3 rings (SSSR count). The molecule has 1 aromatic heterocycles. The van der Waals surface area contributed by atoms with E-state index in [2.05, 4.69) is 4.98 Å². The summed E-state index contributed by atoms with van der Waals surface area (Å²) in [6, 6.07) is 6.49. The highest BCUT2D eigenvalue weighted by atomic mass is 16.5. The van der Waals surface area contributed by atoms with Crippen molar-refractivity contribution < 1.29 is 19.4 Å². The highest BCUT2D eigenvalue weighted by molar-refractivity contribution is 6.05. The second-order valence-electron chi connectivity index (χ2n) is 5.13. The predicted molar refractivity (Wildman–Crippen MR) is 84.4 cm³/mol. The number of aryl methyl sites for hydroxylation is 1. The molecule has 0 fully saturated rings. The first-order valence-corrected chi connectivity index (χ1v) is 7.13. The van der Waals surface area contributed by atoms with Gasteiger partial charge in [-0.1, -0.05) is 6.07 Å². The molecule has 1 aliphatic rings. The van der Waals surface area contributed by atoms with E-state index in [4.69, 9.17) is 9.47 Å². The van der Waals surface area contributed by atoms with Gasteiger partial charge in [0.15, 0.2) is 11.5 Å². The van der Waals surface area contributed by atoms with E-state index in [1.807, 2.05) is 6.92 Å². The van der Waals surface area contributed by atoms with Gasteiger partial charge < -0.3 is 19.6 Å². The summed E-state index contributed by atoms with van der Waals surface area (Å²) in [7, 11) is 0. The van der Waals surface area contributed by atoms with Gasteiger partial charge in [-0.25, -0.2) is 4.79 Å². The molecule has 1 aliphatic heterocycles. The SMILES string of the molecule is CCOc1cc(C=C2OC(=O)c3c2cc(C)[nH]c3=O)ccc1O. The van der Waals surface area contributed by atoms with E-state index in [0.717, 1.165) is 0 Å². The smallest absolute Gasteiger partial charge is 0.349 e. The Hall–Kier alpha value is -3.02. The number of cyclic esters (lactones) is 1. The lowest BCUT2D eigenvalue weighted by atomic mass is 10.1. The van der Waals surface area contributed by atoms with Crippen molar-refractivity contribution in [3.8, 4) is 11.5 Å². The summed E-state index contributed by atoms with van der Waals surface area (Å²) in [4.78, 5) is 26.3. The average molecular weight is 313 g/mol. The largest absolute Gasteiger partial charge is 0.504 e. The van der Waals surface area contributed by atoms with Gasteiger partial charge in [-0.15, -0.1) is 0 Å². The second-order valence-corrected chi connectivity index (χ2v) is 5.13. The Bertz CT molecular complexity index is 879. The van der Waals surface area contributed by atoms with Crippen LogP contribution in [0.4, 0.5) is 0 Å². The highest BCUT2D eigenvalue weighted by Gasteiger charge is 2.30. The minimum Gasteiger partial charge on any atom is -0.504 e. The second kappa shape index (κ2) is 5.64. The van der Waals surface area contributed by atoms with Gasteiger partial charge in [-0.2, -0.15) is 0 Å². The van der Waals surface area contributed by atoms with Crippen LogP contribution in [0, 0.1) is 6.92 Å². The fourth-order valence-electron chi connectivity index (χ4n) is 2.44. The van der Waals surface area contributed by atoms with Gasteiger partial charge in [-0.3, -0.25) is 4.79 Å². The Balaban J connectivity index is 2.08. The Labute approximate surface area is 132 Å². The number of benzene rings is 1. The molecule has 1 aromatic carbocycles. The average Bonchev–Trinajstić information content (AvgIpc) is 2.79. The normalized spacial score (nSPS) is 14.7. The maximum absolute atomic E-state index is 11.9. The fraction of sp³-hybridized carbons (Fsp3) is 0.176. The topological polar surface area (TPSA) is 88.6 Å². The van der Waals surface area contributed by atoms with Crippen LogP contribution < -0.4 is 10.3 Å². The fourth-order valence-corrected chi connectivity index (χ4v) is 2.44. The van der Waals surface area contributed by atoms with Gasteiger partial charge >= 0.3 is 5.97 Å². The van der Waals surface area contributed by atoms with Crippen LogP contribution in [0.2, 0.25) is 0 Å². The van der Waals surface area contributed by atoms with Crippen LogP contribution in [0.5, 0.6) is 11.5 Å². The number of hydrogen-bond acceptors (Lipinski definition) is 5. The zero-order chi connectivity index (χ0) is 16.6. The molecule has 118 valence electrons. The number of phenolic OH excluding ortho intramolecular Hbond substituents is 1. The maximum atomic E-state index is 11.9. The lowest BCUT2D eigenvalue weighted by molar-refractivity contribution is 0.0715. The summed E-state index contributed by atoms with van der Waals surface area (Å²) < 4.78 is 10.5. The number of esters is 1. The molecule has 0 bridgehead atoms. The molecular weight excluding hydrogens is 298 g/mol. The summed E-state index contributed by atoms with van der Waals surface area (Å²) >= 11 is 0. The van der Waals surface area contributed by atoms with Crippen molar-refractivity contribution >= 4 is 17.8 Å². The Morgan fingerprint density at radius 1 is 1.30 bits per heavy atom. The van der Waals surface area contributed by atoms with E-state index < -0.39 is 11.5 Å². The lowest BCUT2D eigenvalue weighted by Gasteiger charge is -2.07. The number of pyridine rings is 1. The van der Waals surface area contributed by atoms with Crippen molar-refractivity contribution in [1.82, 2.24) is 4.98 Å². The number of rotatable bonds is 3. The van der Waals surface area contributed by atoms with Crippen LogP contribution in [0.1, 0.15) is 34.1 Å². The number of nitrogens with one attached hydrogen (secondary N) is 1. The predicted octanol–water partition coefficient (Wildman–Crippen LogP) is 2.46. The number of hydrogen-bond donors (Lipinski definition) is 2. The number of fused-ring (bicyclic) bond motifs is 1.